The van der Waals surface area contributed by atoms with Gasteiger partial charge in [-0.2, -0.15) is 5.10 Å². The van der Waals surface area contributed by atoms with Gasteiger partial charge in [0.25, 0.3) is 0 Å². The highest BCUT2D eigenvalue weighted by Crippen LogP contribution is 2.26. The first-order valence-corrected chi connectivity index (χ1v) is 8.00. The summed E-state index contributed by atoms with van der Waals surface area (Å²) in [5, 5.41) is 15.0. The van der Waals surface area contributed by atoms with Gasteiger partial charge >= 0.3 is 0 Å². The van der Waals surface area contributed by atoms with Crippen LogP contribution < -0.4 is 10.2 Å². The number of nitrogens with one attached hydrogen (secondary N) is 1. The second kappa shape index (κ2) is 7.53. The van der Waals surface area contributed by atoms with Crippen LogP contribution in [0.2, 0.25) is 0 Å². The normalized spacial score (nSPS) is 11.2. The number of para-hydroxylation sites is 1. The number of rotatable bonds is 5. The molecule has 0 fully saturated rings. The van der Waals surface area contributed by atoms with E-state index in [9.17, 15) is 5.11 Å². The highest BCUT2D eigenvalue weighted by Gasteiger charge is 2.13. The summed E-state index contributed by atoms with van der Waals surface area (Å²) in [5.41, 5.74) is 7.30. The summed E-state index contributed by atoms with van der Waals surface area (Å²) >= 11 is 0. The van der Waals surface area contributed by atoms with Crippen molar-refractivity contribution in [3.63, 3.8) is 0 Å². The van der Waals surface area contributed by atoms with Crippen LogP contribution in [-0.2, 0) is 0 Å². The fourth-order valence-electron chi connectivity index (χ4n) is 2.46. The van der Waals surface area contributed by atoms with Gasteiger partial charge in [0.05, 0.1) is 12.8 Å². The molecule has 0 aromatic heterocycles. The van der Waals surface area contributed by atoms with E-state index >= 15 is 0 Å². The molecule has 0 aliphatic heterocycles. The standard InChI is InChI=1S/C21H20N2O2/c1-15-8-10-16(11-9-15)21(23-22-17-6-4-3-5-7-17)19-13-12-18(25-2)14-20(19)24/h3-14,22,24H,1-2H3/b23-21-. The Morgan fingerprint density at radius 3 is 2.32 bits per heavy atom. The number of anilines is 1. The molecule has 0 saturated carbocycles. The van der Waals surface area contributed by atoms with Gasteiger partial charge in [-0.05, 0) is 31.2 Å². The van der Waals surface area contributed by atoms with E-state index in [1.165, 1.54) is 0 Å². The Morgan fingerprint density at radius 1 is 0.960 bits per heavy atom. The van der Waals surface area contributed by atoms with Gasteiger partial charge in [0.1, 0.15) is 17.2 Å². The van der Waals surface area contributed by atoms with E-state index in [0.29, 0.717) is 17.0 Å². The number of phenolic OH excluding ortho intramolecular Hbond substituents is 1. The third-order valence-corrected chi connectivity index (χ3v) is 3.86. The fraction of sp³-hybridized carbons (Fsp3) is 0.0952. The van der Waals surface area contributed by atoms with Gasteiger partial charge in [-0.15, -0.1) is 0 Å². The third-order valence-electron chi connectivity index (χ3n) is 3.86. The molecule has 4 heteroatoms. The minimum absolute atomic E-state index is 0.119. The predicted octanol–water partition coefficient (Wildman–Crippen LogP) is 4.57. The van der Waals surface area contributed by atoms with Crippen molar-refractivity contribution in [3.05, 3.63) is 89.5 Å². The maximum atomic E-state index is 10.4. The maximum Gasteiger partial charge on any atom is 0.128 e. The molecule has 0 radical (unpaired) electrons. The number of nitrogens with zero attached hydrogens (tertiary/aromatic N) is 1. The molecule has 0 spiro atoms. The molecule has 0 saturated heterocycles. The Morgan fingerprint density at radius 2 is 1.68 bits per heavy atom. The van der Waals surface area contributed by atoms with Crippen LogP contribution in [0.3, 0.4) is 0 Å². The molecule has 3 rings (SSSR count). The van der Waals surface area contributed by atoms with Crippen molar-refractivity contribution in [1.82, 2.24) is 0 Å². The van der Waals surface area contributed by atoms with E-state index in [1.807, 2.05) is 61.5 Å². The van der Waals surface area contributed by atoms with Gasteiger partial charge < -0.3 is 9.84 Å². The summed E-state index contributed by atoms with van der Waals surface area (Å²) in [6.45, 7) is 2.04. The molecule has 0 bridgehead atoms. The molecule has 4 nitrogen and oxygen atoms in total. The van der Waals surface area contributed by atoms with Crippen LogP contribution in [0.15, 0.2) is 77.9 Å². The molecule has 126 valence electrons. The fourth-order valence-corrected chi connectivity index (χ4v) is 2.46. The first-order chi connectivity index (χ1) is 12.2. The first kappa shape index (κ1) is 16.6. The average molecular weight is 332 g/mol. The van der Waals surface area contributed by atoms with Gasteiger partial charge in [-0.1, -0.05) is 48.0 Å². The number of methoxy groups -OCH3 is 1. The number of hydrogen-bond acceptors (Lipinski definition) is 4. The molecule has 2 N–H and O–H groups in total. The summed E-state index contributed by atoms with van der Waals surface area (Å²) in [6, 6.07) is 22.9. The van der Waals surface area contributed by atoms with E-state index in [1.54, 1.807) is 25.3 Å². The summed E-state index contributed by atoms with van der Waals surface area (Å²) in [5.74, 6) is 0.717. The van der Waals surface area contributed by atoms with E-state index in [-0.39, 0.29) is 5.75 Å². The molecule has 25 heavy (non-hydrogen) atoms. The zero-order valence-electron chi connectivity index (χ0n) is 14.2. The van der Waals surface area contributed by atoms with Crippen molar-refractivity contribution < 1.29 is 9.84 Å². The SMILES string of the molecule is COc1ccc(/C(=N\Nc2ccccc2)c2ccc(C)cc2)c(O)c1. The number of hydrazone groups is 1. The van der Waals surface area contributed by atoms with E-state index in [0.717, 1.165) is 16.8 Å². The summed E-state index contributed by atoms with van der Waals surface area (Å²) in [4.78, 5) is 0. The minimum atomic E-state index is 0.119. The lowest BCUT2D eigenvalue weighted by Crippen LogP contribution is -2.07. The van der Waals surface area contributed by atoms with Crippen molar-refractivity contribution in [2.24, 2.45) is 5.10 Å². The van der Waals surface area contributed by atoms with Crippen LogP contribution in [-0.4, -0.2) is 17.9 Å². The molecule has 0 amide bonds. The lowest BCUT2D eigenvalue weighted by atomic mass is 10.0. The van der Waals surface area contributed by atoms with E-state index in [2.05, 4.69) is 10.5 Å². The Kier molecular flexibility index (Phi) is 5.00. The zero-order valence-corrected chi connectivity index (χ0v) is 14.2. The number of hydrogen-bond donors (Lipinski definition) is 2. The lowest BCUT2D eigenvalue weighted by molar-refractivity contribution is 0.407. The Bertz CT molecular complexity index is 872. The summed E-state index contributed by atoms with van der Waals surface area (Å²) in [6.07, 6.45) is 0. The van der Waals surface area contributed by atoms with Crippen LogP contribution in [0.4, 0.5) is 5.69 Å². The molecule has 0 atom stereocenters. The quantitative estimate of drug-likeness (QED) is 0.531. The predicted molar refractivity (Wildman–Crippen MR) is 102 cm³/mol. The monoisotopic (exact) mass is 332 g/mol. The number of aryl methyl sites for hydroxylation is 1. The second-order valence-corrected chi connectivity index (χ2v) is 5.69. The largest absolute Gasteiger partial charge is 0.507 e. The number of ether oxygens (including phenoxy) is 1. The van der Waals surface area contributed by atoms with Crippen molar-refractivity contribution >= 4 is 11.4 Å². The second-order valence-electron chi connectivity index (χ2n) is 5.69. The minimum Gasteiger partial charge on any atom is -0.507 e. The average Bonchev–Trinajstić information content (AvgIpc) is 2.65. The van der Waals surface area contributed by atoms with Crippen LogP contribution in [0.1, 0.15) is 16.7 Å². The highest BCUT2D eigenvalue weighted by molar-refractivity contribution is 6.14. The van der Waals surface area contributed by atoms with E-state index < -0.39 is 0 Å². The molecule has 3 aromatic carbocycles. The van der Waals surface area contributed by atoms with Crippen LogP contribution in [0, 0.1) is 6.92 Å². The Labute approximate surface area is 147 Å². The van der Waals surface area contributed by atoms with Crippen molar-refractivity contribution in [1.29, 1.82) is 0 Å². The lowest BCUT2D eigenvalue weighted by Gasteiger charge is -2.11. The molecular weight excluding hydrogens is 312 g/mol. The van der Waals surface area contributed by atoms with Crippen molar-refractivity contribution in [2.45, 2.75) is 6.92 Å². The van der Waals surface area contributed by atoms with Crippen LogP contribution in [0.5, 0.6) is 11.5 Å². The van der Waals surface area contributed by atoms with Crippen molar-refractivity contribution in [3.8, 4) is 11.5 Å². The molecular formula is C21H20N2O2. The zero-order chi connectivity index (χ0) is 17.6. The number of phenols is 1. The highest BCUT2D eigenvalue weighted by atomic mass is 16.5. The molecule has 0 aliphatic carbocycles. The Hall–Kier alpha value is -3.27. The first-order valence-electron chi connectivity index (χ1n) is 8.00. The van der Waals surface area contributed by atoms with E-state index in [4.69, 9.17) is 4.74 Å². The van der Waals surface area contributed by atoms with Gasteiger partial charge in [0.15, 0.2) is 0 Å². The number of aromatic hydroxyl groups is 1. The topological polar surface area (TPSA) is 53.8 Å². The molecule has 3 aromatic rings. The van der Waals surface area contributed by atoms with Gasteiger partial charge in [-0.3, -0.25) is 5.43 Å². The van der Waals surface area contributed by atoms with Gasteiger partial charge in [0, 0.05) is 17.2 Å². The summed E-state index contributed by atoms with van der Waals surface area (Å²) in [7, 11) is 1.57. The van der Waals surface area contributed by atoms with Gasteiger partial charge in [-0.25, -0.2) is 0 Å². The van der Waals surface area contributed by atoms with Gasteiger partial charge in [0.2, 0.25) is 0 Å². The molecule has 0 aliphatic rings. The maximum absolute atomic E-state index is 10.4. The summed E-state index contributed by atoms with van der Waals surface area (Å²) < 4.78 is 5.16. The third kappa shape index (κ3) is 3.98. The number of benzene rings is 3. The van der Waals surface area contributed by atoms with Crippen molar-refractivity contribution in [2.75, 3.05) is 12.5 Å². The molecule has 0 unspecified atom stereocenters. The smallest absolute Gasteiger partial charge is 0.128 e. The van der Waals surface area contributed by atoms with Crippen LogP contribution in [0.25, 0.3) is 0 Å². The van der Waals surface area contributed by atoms with Crippen LogP contribution >= 0.6 is 0 Å². The molecule has 0 heterocycles. The Balaban J connectivity index is 2.04.